The van der Waals surface area contributed by atoms with Gasteiger partial charge in [0.05, 0.1) is 22.8 Å². The Morgan fingerprint density at radius 2 is 2.25 bits per heavy atom. The van der Waals surface area contributed by atoms with Crippen molar-refractivity contribution >= 4 is 23.2 Å². The number of nitrogens with one attached hydrogen (secondary N) is 1. The Hall–Kier alpha value is -1.81. The Labute approximate surface area is 97.2 Å². The van der Waals surface area contributed by atoms with Crippen molar-refractivity contribution in [3.8, 4) is 0 Å². The van der Waals surface area contributed by atoms with Crippen molar-refractivity contribution in [3.63, 3.8) is 0 Å². The number of halogens is 1. The van der Waals surface area contributed by atoms with Gasteiger partial charge < -0.3 is 9.73 Å². The molecular weight excluding hydrogens is 228 g/mol. The second kappa shape index (κ2) is 4.81. The maximum Gasteiger partial charge on any atom is 0.230 e. The van der Waals surface area contributed by atoms with Crippen molar-refractivity contribution in [1.82, 2.24) is 4.98 Å². The summed E-state index contributed by atoms with van der Waals surface area (Å²) in [5.74, 6) is -0.179. The minimum atomic E-state index is -0.179. The predicted octanol–water partition coefficient (Wildman–Crippen LogP) is 2.51. The van der Waals surface area contributed by atoms with Gasteiger partial charge in [-0.1, -0.05) is 23.7 Å². The summed E-state index contributed by atoms with van der Waals surface area (Å²) in [6.07, 6.45) is 2.89. The van der Waals surface area contributed by atoms with Gasteiger partial charge in [-0.3, -0.25) is 4.79 Å². The first-order valence-electron chi connectivity index (χ1n) is 4.67. The number of amides is 1. The van der Waals surface area contributed by atoms with Gasteiger partial charge in [0, 0.05) is 0 Å². The van der Waals surface area contributed by atoms with Crippen molar-refractivity contribution in [3.05, 3.63) is 47.6 Å². The second-order valence-electron chi connectivity index (χ2n) is 3.18. The number of hydrogen-bond donors (Lipinski definition) is 1. The van der Waals surface area contributed by atoms with E-state index in [1.54, 1.807) is 24.3 Å². The lowest BCUT2D eigenvalue weighted by molar-refractivity contribution is -0.115. The van der Waals surface area contributed by atoms with Crippen LogP contribution in [0.15, 0.2) is 41.3 Å². The monoisotopic (exact) mass is 236 g/mol. The fraction of sp³-hybridized carbons (Fsp3) is 0.0909. The number of oxazole rings is 1. The Balaban J connectivity index is 2.00. The van der Waals surface area contributed by atoms with Gasteiger partial charge in [-0.2, -0.15) is 0 Å². The summed E-state index contributed by atoms with van der Waals surface area (Å²) in [7, 11) is 0. The highest BCUT2D eigenvalue weighted by Crippen LogP contribution is 2.20. The summed E-state index contributed by atoms with van der Waals surface area (Å²) in [5.41, 5.74) is 1.18. The molecule has 1 N–H and O–H groups in total. The molecule has 0 spiro atoms. The van der Waals surface area contributed by atoms with E-state index in [4.69, 9.17) is 16.0 Å². The van der Waals surface area contributed by atoms with Crippen molar-refractivity contribution in [2.75, 3.05) is 5.32 Å². The van der Waals surface area contributed by atoms with Crippen LogP contribution in [-0.4, -0.2) is 10.9 Å². The molecule has 16 heavy (non-hydrogen) atoms. The zero-order chi connectivity index (χ0) is 11.4. The molecule has 0 aliphatic rings. The molecular formula is C11H9ClN2O2. The molecule has 1 heterocycles. The highest BCUT2D eigenvalue weighted by molar-refractivity contribution is 6.33. The summed E-state index contributed by atoms with van der Waals surface area (Å²) in [4.78, 5) is 15.4. The van der Waals surface area contributed by atoms with Gasteiger partial charge in [-0.25, -0.2) is 4.98 Å². The minimum Gasteiger partial charge on any atom is -0.451 e. The number of nitrogens with zero attached hydrogens (tertiary/aromatic N) is 1. The predicted molar refractivity (Wildman–Crippen MR) is 60.3 cm³/mol. The molecule has 1 amide bonds. The summed E-state index contributed by atoms with van der Waals surface area (Å²) in [5, 5.41) is 3.21. The van der Waals surface area contributed by atoms with Crippen LogP contribution in [0.4, 0.5) is 5.69 Å². The summed E-state index contributed by atoms with van der Waals surface area (Å²) < 4.78 is 4.77. The molecule has 0 bridgehead atoms. The molecule has 0 saturated carbocycles. The van der Waals surface area contributed by atoms with Crippen LogP contribution in [0.2, 0.25) is 5.02 Å². The van der Waals surface area contributed by atoms with E-state index in [0.29, 0.717) is 16.4 Å². The van der Waals surface area contributed by atoms with E-state index in [9.17, 15) is 4.79 Å². The normalized spacial score (nSPS) is 10.1. The molecule has 0 saturated heterocycles. The average molecular weight is 237 g/mol. The van der Waals surface area contributed by atoms with Crippen LogP contribution in [0.3, 0.4) is 0 Å². The van der Waals surface area contributed by atoms with Gasteiger partial charge in [0.15, 0.2) is 6.39 Å². The zero-order valence-electron chi connectivity index (χ0n) is 8.31. The molecule has 4 nitrogen and oxygen atoms in total. The van der Waals surface area contributed by atoms with Gasteiger partial charge in [0.1, 0.15) is 6.26 Å². The average Bonchev–Trinajstić information content (AvgIpc) is 2.74. The van der Waals surface area contributed by atoms with Gasteiger partial charge in [0.25, 0.3) is 0 Å². The summed E-state index contributed by atoms with van der Waals surface area (Å²) in [6, 6.07) is 7.06. The van der Waals surface area contributed by atoms with E-state index < -0.39 is 0 Å². The van der Waals surface area contributed by atoms with Gasteiger partial charge in [-0.15, -0.1) is 0 Å². The van der Waals surface area contributed by atoms with E-state index in [0.717, 1.165) is 0 Å². The zero-order valence-corrected chi connectivity index (χ0v) is 9.07. The highest BCUT2D eigenvalue weighted by Gasteiger charge is 2.07. The van der Waals surface area contributed by atoms with Crippen LogP contribution in [0.25, 0.3) is 0 Å². The largest absolute Gasteiger partial charge is 0.451 e. The number of rotatable bonds is 3. The Bertz CT molecular complexity index is 482. The molecule has 5 heteroatoms. The Morgan fingerprint density at radius 1 is 1.44 bits per heavy atom. The number of carbonyl (C=O) groups excluding carboxylic acids is 1. The first kappa shape index (κ1) is 10.7. The number of para-hydroxylation sites is 1. The third kappa shape index (κ3) is 2.61. The summed E-state index contributed by atoms with van der Waals surface area (Å²) >= 11 is 5.90. The molecule has 0 radical (unpaired) electrons. The lowest BCUT2D eigenvalue weighted by atomic mass is 10.3. The molecule has 0 fully saturated rings. The molecule has 1 aromatic heterocycles. The first-order chi connectivity index (χ1) is 7.75. The smallest absolute Gasteiger partial charge is 0.230 e. The van der Waals surface area contributed by atoms with Crippen LogP contribution >= 0.6 is 11.6 Å². The van der Waals surface area contributed by atoms with Crippen LogP contribution in [0.1, 0.15) is 5.69 Å². The van der Waals surface area contributed by atoms with E-state index in [1.165, 1.54) is 12.7 Å². The third-order valence-corrected chi connectivity index (χ3v) is 2.30. The Morgan fingerprint density at radius 3 is 2.94 bits per heavy atom. The molecule has 2 rings (SSSR count). The molecule has 0 aliphatic carbocycles. The van der Waals surface area contributed by atoms with E-state index in [2.05, 4.69) is 10.3 Å². The van der Waals surface area contributed by atoms with Crippen molar-refractivity contribution in [1.29, 1.82) is 0 Å². The van der Waals surface area contributed by atoms with Crippen LogP contribution < -0.4 is 5.32 Å². The maximum atomic E-state index is 11.6. The number of carbonyl (C=O) groups is 1. The number of benzene rings is 1. The topological polar surface area (TPSA) is 55.1 Å². The molecule has 0 aliphatic heterocycles. The first-order valence-corrected chi connectivity index (χ1v) is 5.05. The highest BCUT2D eigenvalue weighted by atomic mass is 35.5. The molecule has 0 unspecified atom stereocenters. The molecule has 1 aromatic carbocycles. The van der Waals surface area contributed by atoms with Crippen molar-refractivity contribution < 1.29 is 9.21 Å². The van der Waals surface area contributed by atoms with Gasteiger partial charge in [0.2, 0.25) is 5.91 Å². The van der Waals surface area contributed by atoms with Crippen LogP contribution in [0, 0.1) is 0 Å². The number of hydrogen-bond acceptors (Lipinski definition) is 3. The standard InChI is InChI=1S/C11H9ClN2O2/c12-9-3-1-2-4-10(9)14-11(15)5-8-6-16-7-13-8/h1-4,6-7H,5H2,(H,14,15). The van der Waals surface area contributed by atoms with Gasteiger partial charge in [-0.05, 0) is 12.1 Å². The fourth-order valence-corrected chi connectivity index (χ4v) is 1.43. The number of aromatic nitrogens is 1. The molecule has 82 valence electrons. The fourth-order valence-electron chi connectivity index (χ4n) is 1.25. The van der Waals surface area contributed by atoms with Crippen molar-refractivity contribution in [2.45, 2.75) is 6.42 Å². The second-order valence-corrected chi connectivity index (χ2v) is 3.59. The lowest BCUT2D eigenvalue weighted by Crippen LogP contribution is -2.14. The van der Waals surface area contributed by atoms with Gasteiger partial charge >= 0.3 is 0 Å². The van der Waals surface area contributed by atoms with Crippen LogP contribution in [0.5, 0.6) is 0 Å². The Kier molecular flexibility index (Phi) is 3.22. The van der Waals surface area contributed by atoms with Crippen molar-refractivity contribution in [2.24, 2.45) is 0 Å². The minimum absolute atomic E-state index is 0.168. The quantitative estimate of drug-likeness (QED) is 0.891. The third-order valence-electron chi connectivity index (χ3n) is 1.97. The van der Waals surface area contributed by atoms with E-state index in [1.807, 2.05) is 0 Å². The lowest BCUT2D eigenvalue weighted by Gasteiger charge is -2.05. The maximum absolute atomic E-state index is 11.6. The van der Waals surface area contributed by atoms with E-state index >= 15 is 0 Å². The summed E-state index contributed by atoms with van der Waals surface area (Å²) in [6.45, 7) is 0. The molecule has 0 atom stereocenters. The SMILES string of the molecule is O=C(Cc1cocn1)Nc1ccccc1Cl. The van der Waals surface area contributed by atoms with Crippen LogP contribution in [-0.2, 0) is 11.2 Å². The molecule has 2 aromatic rings. The number of anilines is 1. The van der Waals surface area contributed by atoms with E-state index in [-0.39, 0.29) is 12.3 Å².